The van der Waals surface area contributed by atoms with Gasteiger partial charge < -0.3 is 5.32 Å². The maximum Gasteiger partial charge on any atom is 0.242 e. The molecule has 0 aliphatic heterocycles. The first-order valence-electron chi connectivity index (χ1n) is 8.73. The Morgan fingerprint density at radius 1 is 0.926 bits per heavy atom. The fourth-order valence-corrected chi connectivity index (χ4v) is 3.29. The Morgan fingerprint density at radius 2 is 1.63 bits per heavy atom. The molecule has 0 atom stereocenters. The summed E-state index contributed by atoms with van der Waals surface area (Å²) >= 11 is 6.15. The van der Waals surface area contributed by atoms with Crippen LogP contribution in [0, 0.1) is 0 Å². The van der Waals surface area contributed by atoms with E-state index in [2.05, 4.69) is 5.32 Å². The summed E-state index contributed by atoms with van der Waals surface area (Å²) in [5, 5.41) is 9.30. The van der Waals surface area contributed by atoms with Gasteiger partial charge in [-0.05, 0) is 17.7 Å². The average Bonchev–Trinajstić information content (AvgIpc) is 3.07. The molecule has 1 heterocycles. The van der Waals surface area contributed by atoms with Crippen LogP contribution in [0.4, 0.5) is 0 Å². The summed E-state index contributed by atoms with van der Waals surface area (Å²) in [6.07, 6.45) is 0. The Morgan fingerprint density at radius 3 is 2.44 bits per heavy atom. The molecule has 27 heavy (non-hydrogen) atoms. The van der Waals surface area contributed by atoms with E-state index in [0.29, 0.717) is 11.6 Å². The highest BCUT2D eigenvalue weighted by Crippen LogP contribution is 2.27. The van der Waals surface area contributed by atoms with E-state index >= 15 is 0 Å². The average molecular weight is 376 g/mol. The van der Waals surface area contributed by atoms with Crippen molar-refractivity contribution in [3.8, 4) is 11.3 Å². The fraction of sp³-hybridized carbons (Fsp3) is 0.0909. The lowest BCUT2D eigenvalue weighted by atomic mass is 10.1. The first-order chi connectivity index (χ1) is 13.2. The predicted octanol–water partition coefficient (Wildman–Crippen LogP) is 4.67. The van der Waals surface area contributed by atoms with Gasteiger partial charge in [0.15, 0.2) is 0 Å². The molecular weight excluding hydrogens is 358 g/mol. The van der Waals surface area contributed by atoms with E-state index in [1.165, 1.54) is 0 Å². The fourth-order valence-electron chi connectivity index (χ4n) is 3.08. The molecule has 0 saturated carbocycles. The number of para-hydroxylation sites is 1. The number of nitrogens with zero attached hydrogens (tertiary/aromatic N) is 2. The second-order valence-electron chi connectivity index (χ2n) is 6.26. The van der Waals surface area contributed by atoms with Crippen molar-refractivity contribution in [3.05, 3.63) is 89.4 Å². The molecule has 1 N–H and O–H groups in total. The topological polar surface area (TPSA) is 46.9 Å². The second-order valence-corrected chi connectivity index (χ2v) is 6.66. The number of nitrogens with one attached hydrogen (secondary N) is 1. The maximum absolute atomic E-state index is 12.5. The summed E-state index contributed by atoms with van der Waals surface area (Å²) in [6, 6.07) is 25.4. The first kappa shape index (κ1) is 17.3. The van der Waals surface area contributed by atoms with E-state index in [0.717, 1.165) is 27.7 Å². The summed E-state index contributed by atoms with van der Waals surface area (Å²) in [5.41, 5.74) is 3.74. The number of carbonyl (C=O) groups excluding carboxylic acids is 1. The molecular formula is C22H18ClN3O. The summed E-state index contributed by atoms with van der Waals surface area (Å²) < 4.78 is 1.75. The zero-order valence-electron chi connectivity index (χ0n) is 14.6. The highest BCUT2D eigenvalue weighted by atomic mass is 35.5. The lowest BCUT2D eigenvalue weighted by Crippen LogP contribution is -2.27. The molecule has 4 aromatic rings. The van der Waals surface area contributed by atoms with Crippen LogP contribution >= 0.6 is 11.6 Å². The third kappa shape index (κ3) is 3.71. The van der Waals surface area contributed by atoms with Crippen molar-refractivity contribution in [2.75, 3.05) is 0 Å². The molecule has 0 aliphatic carbocycles. The molecule has 0 radical (unpaired) electrons. The monoisotopic (exact) mass is 375 g/mol. The van der Waals surface area contributed by atoms with E-state index < -0.39 is 0 Å². The minimum Gasteiger partial charge on any atom is -0.350 e. The molecule has 3 aromatic carbocycles. The zero-order valence-corrected chi connectivity index (χ0v) is 15.4. The van der Waals surface area contributed by atoms with Gasteiger partial charge in [0.1, 0.15) is 12.2 Å². The molecule has 1 amide bonds. The Labute approximate surface area is 162 Å². The van der Waals surface area contributed by atoms with Crippen LogP contribution < -0.4 is 5.32 Å². The number of benzene rings is 3. The largest absolute Gasteiger partial charge is 0.350 e. The van der Waals surface area contributed by atoms with Gasteiger partial charge in [-0.25, -0.2) is 0 Å². The number of rotatable bonds is 5. The van der Waals surface area contributed by atoms with Crippen molar-refractivity contribution in [2.45, 2.75) is 13.1 Å². The molecule has 1 aromatic heterocycles. The minimum absolute atomic E-state index is 0.109. The van der Waals surface area contributed by atoms with Crippen molar-refractivity contribution in [2.24, 2.45) is 0 Å². The molecule has 5 heteroatoms. The number of hydrogen-bond acceptors (Lipinski definition) is 2. The van der Waals surface area contributed by atoms with Crippen LogP contribution in [-0.2, 0) is 17.9 Å². The van der Waals surface area contributed by atoms with E-state index in [9.17, 15) is 4.79 Å². The summed E-state index contributed by atoms with van der Waals surface area (Å²) in [7, 11) is 0. The molecule has 0 saturated heterocycles. The molecule has 134 valence electrons. The molecule has 0 fully saturated rings. The Kier molecular flexibility index (Phi) is 4.90. The highest BCUT2D eigenvalue weighted by Gasteiger charge is 2.14. The first-order valence-corrected chi connectivity index (χ1v) is 9.11. The second kappa shape index (κ2) is 7.64. The third-order valence-corrected chi connectivity index (χ3v) is 4.80. The van der Waals surface area contributed by atoms with Crippen LogP contribution in [-0.4, -0.2) is 15.7 Å². The van der Waals surface area contributed by atoms with Crippen LogP contribution in [0.3, 0.4) is 0 Å². The lowest BCUT2D eigenvalue weighted by molar-refractivity contribution is -0.121. The smallest absolute Gasteiger partial charge is 0.242 e. The van der Waals surface area contributed by atoms with Gasteiger partial charge in [-0.2, -0.15) is 5.10 Å². The van der Waals surface area contributed by atoms with Crippen LogP contribution in [0.25, 0.3) is 22.2 Å². The summed E-state index contributed by atoms with van der Waals surface area (Å²) in [4.78, 5) is 12.5. The van der Waals surface area contributed by atoms with Crippen molar-refractivity contribution in [3.63, 3.8) is 0 Å². The van der Waals surface area contributed by atoms with Gasteiger partial charge in [0, 0.05) is 22.5 Å². The predicted molar refractivity (Wildman–Crippen MR) is 108 cm³/mol. The Balaban J connectivity index is 1.57. The van der Waals surface area contributed by atoms with Gasteiger partial charge in [0.25, 0.3) is 0 Å². The van der Waals surface area contributed by atoms with Gasteiger partial charge in [-0.1, -0.05) is 78.3 Å². The number of fused-ring (bicyclic) bond motifs is 1. The highest BCUT2D eigenvalue weighted by molar-refractivity contribution is 6.31. The Hall–Kier alpha value is -3.11. The quantitative estimate of drug-likeness (QED) is 0.550. The van der Waals surface area contributed by atoms with Gasteiger partial charge in [0.2, 0.25) is 5.91 Å². The number of amides is 1. The van der Waals surface area contributed by atoms with Crippen LogP contribution in [0.5, 0.6) is 0 Å². The molecule has 0 unspecified atom stereocenters. The van der Waals surface area contributed by atoms with Gasteiger partial charge in [0.05, 0.1) is 5.52 Å². The number of halogens is 1. The van der Waals surface area contributed by atoms with Crippen molar-refractivity contribution in [1.82, 2.24) is 15.1 Å². The molecule has 4 rings (SSSR count). The summed E-state index contributed by atoms with van der Waals surface area (Å²) in [5.74, 6) is -0.109. The van der Waals surface area contributed by atoms with Crippen LogP contribution in [0.1, 0.15) is 5.56 Å². The van der Waals surface area contributed by atoms with Gasteiger partial charge in [-0.3, -0.25) is 9.48 Å². The normalized spacial score (nSPS) is 10.9. The number of hydrogen-bond donors (Lipinski definition) is 1. The summed E-state index contributed by atoms with van der Waals surface area (Å²) in [6.45, 7) is 0.543. The number of aromatic nitrogens is 2. The molecule has 0 aliphatic rings. The van der Waals surface area contributed by atoms with Crippen LogP contribution in [0.15, 0.2) is 78.9 Å². The van der Waals surface area contributed by atoms with Crippen molar-refractivity contribution < 1.29 is 4.79 Å². The van der Waals surface area contributed by atoms with E-state index in [-0.39, 0.29) is 12.5 Å². The van der Waals surface area contributed by atoms with E-state index in [4.69, 9.17) is 16.7 Å². The van der Waals surface area contributed by atoms with Crippen molar-refractivity contribution in [1.29, 1.82) is 0 Å². The SMILES string of the molecule is O=C(Cn1nc(-c2ccccc2)c2ccccc21)NCc1ccccc1Cl. The maximum atomic E-state index is 12.5. The molecule has 0 bridgehead atoms. The van der Waals surface area contributed by atoms with Gasteiger partial charge >= 0.3 is 0 Å². The Bertz CT molecular complexity index is 1090. The minimum atomic E-state index is -0.109. The van der Waals surface area contributed by atoms with Crippen molar-refractivity contribution >= 4 is 28.4 Å². The molecule has 4 nitrogen and oxygen atoms in total. The zero-order chi connectivity index (χ0) is 18.6. The standard InChI is InChI=1S/C22H18ClN3O/c23-19-12-6-4-10-17(19)14-24-21(27)15-26-20-13-7-5-11-18(20)22(25-26)16-8-2-1-3-9-16/h1-13H,14-15H2,(H,24,27). The van der Waals surface area contributed by atoms with E-state index in [1.807, 2.05) is 78.9 Å². The van der Waals surface area contributed by atoms with Gasteiger partial charge in [-0.15, -0.1) is 0 Å². The number of carbonyl (C=O) groups is 1. The molecule has 0 spiro atoms. The third-order valence-electron chi connectivity index (χ3n) is 4.43. The van der Waals surface area contributed by atoms with Crippen LogP contribution in [0.2, 0.25) is 5.02 Å². The lowest BCUT2D eigenvalue weighted by Gasteiger charge is -2.07. The van der Waals surface area contributed by atoms with E-state index in [1.54, 1.807) is 4.68 Å².